The van der Waals surface area contributed by atoms with Crippen molar-refractivity contribution in [1.29, 1.82) is 0 Å². The summed E-state index contributed by atoms with van der Waals surface area (Å²) >= 11 is 6.07. The van der Waals surface area contributed by atoms with Gasteiger partial charge in [-0.1, -0.05) is 23.7 Å². The van der Waals surface area contributed by atoms with Crippen molar-refractivity contribution in [3.05, 3.63) is 52.2 Å². The average Bonchev–Trinajstić information content (AvgIpc) is 2.88. The van der Waals surface area contributed by atoms with E-state index in [1.54, 1.807) is 0 Å². The zero-order valence-corrected chi connectivity index (χ0v) is 11.5. The van der Waals surface area contributed by atoms with Gasteiger partial charge in [0.15, 0.2) is 0 Å². The van der Waals surface area contributed by atoms with Gasteiger partial charge in [0, 0.05) is 17.1 Å². The second kappa shape index (κ2) is 5.10. The molecule has 0 bridgehead atoms. The van der Waals surface area contributed by atoms with E-state index in [1.807, 2.05) is 31.2 Å². The first-order valence-corrected chi connectivity index (χ1v) is 6.72. The third kappa shape index (κ3) is 2.51. The lowest BCUT2D eigenvalue weighted by atomic mass is 10.2. The molecule has 1 N–H and O–H groups in total. The number of halogens is 1. The maximum Gasteiger partial charge on any atom is 0.130 e. The summed E-state index contributed by atoms with van der Waals surface area (Å²) in [4.78, 5) is 4.55. The van der Waals surface area contributed by atoms with E-state index in [1.165, 1.54) is 5.56 Å². The fourth-order valence-corrected chi connectivity index (χ4v) is 2.34. The molecular formula is C15H15ClN2O. The van der Waals surface area contributed by atoms with Crippen LogP contribution in [0.15, 0.2) is 30.3 Å². The number of hydrogen-bond donors (Lipinski definition) is 1. The van der Waals surface area contributed by atoms with Crippen molar-refractivity contribution < 1.29 is 4.74 Å². The molecule has 1 aromatic carbocycles. The Balaban J connectivity index is 1.74. The molecule has 0 atom stereocenters. The third-order valence-electron chi connectivity index (χ3n) is 3.32. The molecule has 0 unspecified atom stereocenters. The fourth-order valence-electron chi connectivity index (χ4n) is 2.17. The van der Waals surface area contributed by atoms with E-state index in [2.05, 4.69) is 16.4 Å². The Bertz CT molecular complexity index is 613. The zero-order valence-electron chi connectivity index (χ0n) is 10.7. The van der Waals surface area contributed by atoms with Crippen LogP contribution in [-0.4, -0.2) is 11.5 Å². The highest BCUT2D eigenvalue weighted by molar-refractivity contribution is 6.31. The van der Waals surface area contributed by atoms with Gasteiger partial charge in [-0.3, -0.25) is 0 Å². The van der Waals surface area contributed by atoms with Crippen LogP contribution < -0.4 is 10.1 Å². The average molecular weight is 275 g/mol. The minimum atomic E-state index is 0.455. The van der Waals surface area contributed by atoms with Crippen LogP contribution in [-0.2, 0) is 13.0 Å². The van der Waals surface area contributed by atoms with Gasteiger partial charge in [-0.25, -0.2) is 4.98 Å². The summed E-state index contributed by atoms with van der Waals surface area (Å²) in [5, 5.41) is 3.99. The molecule has 0 spiro atoms. The standard InChI is InChI=1S/C15H15ClN2O/c1-10-13(16)3-2-4-14(10)19-9-12-6-5-11-7-8-17-15(11)18-12/h2-6H,7-9H2,1H3,(H,17,18). The summed E-state index contributed by atoms with van der Waals surface area (Å²) in [6.07, 6.45) is 1.05. The summed E-state index contributed by atoms with van der Waals surface area (Å²) in [6, 6.07) is 9.81. The monoisotopic (exact) mass is 274 g/mol. The second-order valence-corrected chi connectivity index (χ2v) is 5.05. The smallest absolute Gasteiger partial charge is 0.130 e. The summed E-state index contributed by atoms with van der Waals surface area (Å²) in [6.45, 7) is 3.38. The Morgan fingerprint density at radius 2 is 2.21 bits per heavy atom. The molecule has 1 aromatic heterocycles. The minimum absolute atomic E-state index is 0.455. The van der Waals surface area contributed by atoms with E-state index in [0.717, 1.165) is 40.8 Å². The first kappa shape index (κ1) is 12.3. The summed E-state index contributed by atoms with van der Waals surface area (Å²) in [7, 11) is 0. The van der Waals surface area contributed by atoms with Gasteiger partial charge in [-0.15, -0.1) is 0 Å². The van der Waals surface area contributed by atoms with Crippen LogP contribution >= 0.6 is 11.6 Å². The summed E-state index contributed by atoms with van der Waals surface area (Å²) in [5.74, 6) is 1.80. The Kier molecular flexibility index (Phi) is 3.30. The van der Waals surface area contributed by atoms with Crippen molar-refractivity contribution in [2.24, 2.45) is 0 Å². The molecule has 0 amide bonds. The molecule has 3 rings (SSSR count). The van der Waals surface area contributed by atoms with Gasteiger partial charge >= 0.3 is 0 Å². The molecule has 19 heavy (non-hydrogen) atoms. The highest BCUT2D eigenvalue weighted by atomic mass is 35.5. The van der Waals surface area contributed by atoms with Crippen molar-refractivity contribution >= 4 is 17.4 Å². The molecule has 2 heterocycles. The molecule has 0 aliphatic carbocycles. The van der Waals surface area contributed by atoms with Crippen molar-refractivity contribution in [3.63, 3.8) is 0 Å². The lowest BCUT2D eigenvalue weighted by molar-refractivity contribution is 0.299. The number of aromatic nitrogens is 1. The Morgan fingerprint density at radius 1 is 1.32 bits per heavy atom. The van der Waals surface area contributed by atoms with Crippen molar-refractivity contribution in [1.82, 2.24) is 4.98 Å². The summed E-state index contributed by atoms with van der Waals surface area (Å²) in [5.41, 5.74) is 3.17. The van der Waals surface area contributed by atoms with Crippen LogP contribution in [0.25, 0.3) is 0 Å². The summed E-state index contributed by atoms with van der Waals surface area (Å²) < 4.78 is 5.79. The number of benzene rings is 1. The van der Waals surface area contributed by atoms with Crippen LogP contribution in [0.4, 0.5) is 5.82 Å². The second-order valence-electron chi connectivity index (χ2n) is 4.64. The lowest BCUT2D eigenvalue weighted by Crippen LogP contribution is -2.01. The van der Waals surface area contributed by atoms with E-state index >= 15 is 0 Å². The van der Waals surface area contributed by atoms with Gasteiger partial charge < -0.3 is 10.1 Å². The van der Waals surface area contributed by atoms with Gasteiger partial charge in [-0.2, -0.15) is 0 Å². The molecule has 1 aliphatic heterocycles. The topological polar surface area (TPSA) is 34.1 Å². The number of pyridine rings is 1. The van der Waals surface area contributed by atoms with E-state index < -0.39 is 0 Å². The van der Waals surface area contributed by atoms with Gasteiger partial charge in [-0.05, 0) is 37.1 Å². The normalized spacial score (nSPS) is 12.9. The number of nitrogens with zero attached hydrogens (tertiary/aromatic N) is 1. The number of nitrogens with one attached hydrogen (secondary N) is 1. The van der Waals surface area contributed by atoms with Crippen LogP contribution in [0.1, 0.15) is 16.8 Å². The lowest BCUT2D eigenvalue weighted by Gasteiger charge is -2.10. The molecule has 2 aromatic rings. The van der Waals surface area contributed by atoms with Gasteiger partial charge in [0.2, 0.25) is 0 Å². The number of ether oxygens (including phenoxy) is 1. The minimum Gasteiger partial charge on any atom is -0.487 e. The quantitative estimate of drug-likeness (QED) is 0.929. The molecule has 1 aliphatic rings. The van der Waals surface area contributed by atoms with E-state index in [-0.39, 0.29) is 0 Å². The maximum absolute atomic E-state index is 6.07. The predicted molar refractivity (Wildman–Crippen MR) is 77.0 cm³/mol. The van der Waals surface area contributed by atoms with E-state index in [0.29, 0.717) is 6.61 Å². The number of rotatable bonds is 3. The van der Waals surface area contributed by atoms with E-state index in [4.69, 9.17) is 16.3 Å². The number of fused-ring (bicyclic) bond motifs is 1. The van der Waals surface area contributed by atoms with Crippen LogP contribution in [0.3, 0.4) is 0 Å². The maximum atomic E-state index is 6.07. The van der Waals surface area contributed by atoms with Gasteiger partial charge in [0.1, 0.15) is 18.2 Å². The first-order valence-electron chi connectivity index (χ1n) is 6.34. The molecule has 4 heteroatoms. The van der Waals surface area contributed by atoms with Crippen LogP contribution in [0.2, 0.25) is 5.02 Å². The first-order chi connectivity index (χ1) is 9.24. The molecule has 0 fully saturated rings. The van der Waals surface area contributed by atoms with E-state index in [9.17, 15) is 0 Å². The van der Waals surface area contributed by atoms with Crippen LogP contribution in [0.5, 0.6) is 5.75 Å². The SMILES string of the molecule is Cc1c(Cl)cccc1OCc1ccc2c(n1)NCC2. The Labute approximate surface area is 117 Å². The fraction of sp³-hybridized carbons (Fsp3) is 0.267. The van der Waals surface area contributed by atoms with Gasteiger partial charge in [0.25, 0.3) is 0 Å². The Hall–Kier alpha value is -1.74. The highest BCUT2D eigenvalue weighted by Crippen LogP contribution is 2.26. The molecule has 0 saturated carbocycles. The molecule has 98 valence electrons. The molecule has 0 radical (unpaired) electrons. The van der Waals surface area contributed by atoms with Crippen LogP contribution in [0, 0.1) is 6.92 Å². The number of hydrogen-bond acceptors (Lipinski definition) is 3. The third-order valence-corrected chi connectivity index (χ3v) is 3.73. The highest BCUT2D eigenvalue weighted by Gasteiger charge is 2.12. The van der Waals surface area contributed by atoms with Crippen molar-refractivity contribution in [2.75, 3.05) is 11.9 Å². The largest absolute Gasteiger partial charge is 0.487 e. The Morgan fingerprint density at radius 3 is 3.11 bits per heavy atom. The molecule has 0 saturated heterocycles. The number of anilines is 1. The van der Waals surface area contributed by atoms with Crippen molar-refractivity contribution in [2.45, 2.75) is 20.0 Å². The molecular weight excluding hydrogens is 260 g/mol. The molecule has 3 nitrogen and oxygen atoms in total. The zero-order chi connectivity index (χ0) is 13.2. The predicted octanol–water partition coefficient (Wildman–Crippen LogP) is 3.59. The van der Waals surface area contributed by atoms with Gasteiger partial charge in [0.05, 0.1) is 5.69 Å². The van der Waals surface area contributed by atoms with Crippen molar-refractivity contribution in [3.8, 4) is 5.75 Å².